The summed E-state index contributed by atoms with van der Waals surface area (Å²) in [4.78, 5) is 11.0. The van der Waals surface area contributed by atoms with Crippen molar-refractivity contribution in [3.63, 3.8) is 0 Å². The van der Waals surface area contributed by atoms with E-state index >= 15 is 0 Å². The number of rotatable bonds is 3. The molecule has 0 unspecified atom stereocenters. The van der Waals surface area contributed by atoms with Gasteiger partial charge >= 0.3 is 0 Å². The second-order valence-corrected chi connectivity index (χ2v) is 7.29. The fourth-order valence-corrected chi connectivity index (χ4v) is 4.08. The molecule has 3 heterocycles. The van der Waals surface area contributed by atoms with Crippen molar-refractivity contribution >= 4 is 33.1 Å². The smallest absolute Gasteiger partial charge is 0.163 e. The van der Waals surface area contributed by atoms with Crippen LogP contribution in [0, 0.1) is 0 Å². The minimum absolute atomic E-state index is 0.666. The average Bonchev–Trinajstić information content (AvgIpc) is 3.02. The molecule has 1 N–H and O–H groups in total. The SMILES string of the molecule is c1ccc(-c2cc3c(Nc4ccc5c(c4)OCCCO5)ncnc3s2)cc1. The lowest BCUT2D eigenvalue weighted by atomic mass is 10.2. The highest BCUT2D eigenvalue weighted by atomic mass is 32.1. The maximum absolute atomic E-state index is 5.78. The summed E-state index contributed by atoms with van der Waals surface area (Å²) in [5, 5.41) is 4.41. The third-order valence-electron chi connectivity index (χ3n) is 4.40. The predicted octanol–water partition coefficient (Wildman–Crippen LogP) is 5.26. The van der Waals surface area contributed by atoms with Crippen LogP contribution in [-0.2, 0) is 0 Å². The molecule has 1 aliphatic heterocycles. The summed E-state index contributed by atoms with van der Waals surface area (Å²) in [6.45, 7) is 1.35. The summed E-state index contributed by atoms with van der Waals surface area (Å²) in [5.41, 5.74) is 2.09. The van der Waals surface area contributed by atoms with E-state index in [1.807, 2.05) is 36.4 Å². The number of fused-ring (bicyclic) bond motifs is 2. The lowest BCUT2D eigenvalue weighted by Crippen LogP contribution is -1.97. The van der Waals surface area contributed by atoms with Crippen LogP contribution in [0.2, 0.25) is 0 Å². The van der Waals surface area contributed by atoms with Gasteiger partial charge < -0.3 is 14.8 Å². The van der Waals surface area contributed by atoms with Crippen LogP contribution in [0.5, 0.6) is 11.5 Å². The molecule has 0 atom stereocenters. The van der Waals surface area contributed by atoms with Gasteiger partial charge in [-0.1, -0.05) is 30.3 Å². The van der Waals surface area contributed by atoms with Gasteiger partial charge in [-0.05, 0) is 23.8 Å². The van der Waals surface area contributed by atoms with Crippen molar-refractivity contribution in [2.75, 3.05) is 18.5 Å². The van der Waals surface area contributed by atoms with Crippen molar-refractivity contribution in [1.82, 2.24) is 9.97 Å². The fraction of sp³-hybridized carbons (Fsp3) is 0.143. The van der Waals surface area contributed by atoms with Gasteiger partial charge in [-0.2, -0.15) is 0 Å². The zero-order valence-corrected chi connectivity index (χ0v) is 15.3. The van der Waals surface area contributed by atoms with Crippen molar-refractivity contribution in [2.24, 2.45) is 0 Å². The predicted molar refractivity (Wildman–Crippen MR) is 108 cm³/mol. The summed E-state index contributed by atoms with van der Waals surface area (Å²) in [5.74, 6) is 2.33. The molecule has 0 saturated heterocycles. The number of ether oxygens (including phenoxy) is 2. The Morgan fingerprint density at radius 2 is 1.74 bits per heavy atom. The first-order valence-electron chi connectivity index (χ1n) is 8.83. The van der Waals surface area contributed by atoms with Crippen molar-refractivity contribution in [3.05, 3.63) is 60.9 Å². The van der Waals surface area contributed by atoms with Crippen molar-refractivity contribution in [2.45, 2.75) is 6.42 Å². The molecule has 2 aromatic heterocycles. The topological polar surface area (TPSA) is 56.3 Å². The van der Waals surface area contributed by atoms with Crippen LogP contribution in [0.25, 0.3) is 20.7 Å². The van der Waals surface area contributed by atoms with E-state index in [9.17, 15) is 0 Å². The van der Waals surface area contributed by atoms with Gasteiger partial charge in [0.25, 0.3) is 0 Å². The Kier molecular flexibility index (Phi) is 4.10. The molecule has 0 fully saturated rings. The highest BCUT2D eigenvalue weighted by molar-refractivity contribution is 7.21. The molecule has 0 saturated carbocycles. The Labute approximate surface area is 160 Å². The molecular formula is C21H17N3O2S. The maximum atomic E-state index is 5.78. The third kappa shape index (κ3) is 3.19. The van der Waals surface area contributed by atoms with Gasteiger partial charge in [0.05, 0.1) is 18.6 Å². The van der Waals surface area contributed by atoms with Gasteiger partial charge in [0.1, 0.15) is 17.0 Å². The van der Waals surface area contributed by atoms with Gasteiger partial charge in [0.2, 0.25) is 0 Å². The van der Waals surface area contributed by atoms with E-state index in [0.29, 0.717) is 13.2 Å². The number of nitrogens with one attached hydrogen (secondary N) is 1. The standard InChI is InChI=1S/C21H17N3O2S/c1-2-5-14(6-3-1)19-12-16-20(22-13-23-21(16)27-19)24-15-7-8-17-18(11-15)26-10-4-9-25-17/h1-3,5-8,11-13H,4,9-10H2,(H,22,23,24). The Bertz CT molecular complexity index is 1100. The molecule has 27 heavy (non-hydrogen) atoms. The minimum atomic E-state index is 0.666. The molecule has 5 nitrogen and oxygen atoms in total. The Morgan fingerprint density at radius 1 is 0.889 bits per heavy atom. The first-order valence-corrected chi connectivity index (χ1v) is 9.65. The molecule has 134 valence electrons. The molecule has 1 aliphatic rings. The maximum Gasteiger partial charge on any atom is 0.163 e. The second-order valence-electron chi connectivity index (χ2n) is 6.25. The van der Waals surface area contributed by atoms with E-state index in [1.165, 1.54) is 10.4 Å². The molecule has 0 bridgehead atoms. The molecule has 2 aromatic carbocycles. The number of hydrogen-bond acceptors (Lipinski definition) is 6. The summed E-state index contributed by atoms with van der Waals surface area (Å²) < 4.78 is 11.5. The lowest BCUT2D eigenvalue weighted by Gasteiger charge is -2.11. The van der Waals surface area contributed by atoms with Crippen LogP contribution in [0.4, 0.5) is 11.5 Å². The van der Waals surface area contributed by atoms with Crippen molar-refractivity contribution in [3.8, 4) is 21.9 Å². The number of anilines is 2. The highest BCUT2D eigenvalue weighted by Gasteiger charge is 2.13. The summed E-state index contributed by atoms with van der Waals surface area (Å²) in [6.07, 6.45) is 2.49. The van der Waals surface area contributed by atoms with Crippen molar-refractivity contribution < 1.29 is 9.47 Å². The van der Waals surface area contributed by atoms with Crippen LogP contribution >= 0.6 is 11.3 Å². The molecular weight excluding hydrogens is 358 g/mol. The first kappa shape index (κ1) is 16.1. The molecule has 0 amide bonds. The summed E-state index contributed by atoms with van der Waals surface area (Å²) in [7, 11) is 0. The van der Waals surface area contributed by atoms with Gasteiger partial charge in [-0.15, -0.1) is 11.3 Å². The molecule has 0 radical (unpaired) electrons. The van der Waals surface area contributed by atoms with Crippen LogP contribution in [-0.4, -0.2) is 23.2 Å². The molecule has 5 rings (SSSR count). The zero-order valence-electron chi connectivity index (χ0n) is 14.5. The van der Waals surface area contributed by atoms with Gasteiger partial charge in [0.15, 0.2) is 11.5 Å². The molecule has 4 aromatic rings. The summed E-state index contributed by atoms with van der Waals surface area (Å²) >= 11 is 1.66. The summed E-state index contributed by atoms with van der Waals surface area (Å²) in [6, 6.07) is 18.3. The van der Waals surface area contributed by atoms with Gasteiger partial charge in [-0.25, -0.2) is 9.97 Å². The normalized spacial score (nSPS) is 13.3. The Balaban J connectivity index is 1.50. The number of thiophene rings is 1. The zero-order chi connectivity index (χ0) is 18.1. The van der Waals surface area contributed by atoms with Crippen LogP contribution in [0.1, 0.15) is 6.42 Å². The monoisotopic (exact) mass is 375 g/mol. The lowest BCUT2D eigenvalue weighted by molar-refractivity contribution is 0.297. The quantitative estimate of drug-likeness (QED) is 0.529. The molecule has 0 spiro atoms. The van der Waals surface area contributed by atoms with E-state index < -0.39 is 0 Å². The van der Waals surface area contributed by atoms with E-state index in [0.717, 1.165) is 39.6 Å². The largest absolute Gasteiger partial charge is 0.490 e. The van der Waals surface area contributed by atoms with Crippen LogP contribution in [0.15, 0.2) is 60.9 Å². The van der Waals surface area contributed by atoms with Crippen LogP contribution < -0.4 is 14.8 Å². The van der Waals surface area contributed by atoms with Crippen LogP contribution in [0.3, 0.4) is 0 Å². The van der Waals surface area contributed by atoms with E-state index in [2.05, 4.69) is 33.5 Å². The van der Waals surface area contributed by atoms with E-state index in [-0.39, 0.29) is 0 Å². The number of nitrogens with zero attached hydrogens (tertiary/aromatic N) is 2. The number of benzene rings is 2. The number of hydrogen-bond donors (Lipinski definition) is 1. The number of aromatic nitrogens is 2. The van der Waals surface area contributed by atoms with E-state index in [1.54, 1.807) is 17.7 Å². The second kappa shape index (κ2) is 6.89. The molecule has 0 aliphatic carbocycles. The molecule has 6 heteroatoms. The average molecular weight is 375 g/mol. The minimum Gasteiger partial charge on any atom is -0.490 e. The first-order chi connectivity index (χ1) is 13.4. The van der Waals surface area contributed by atoms with Gasteiger partial charge in [0, 0.05) is 23.1 Å². The Hall–Kier alpha value is -3.12. The van der Waals surface area contributed by atoms with E-state index in [4.69, 9.17) is 9.47 Å². The van der Waals surface area contributed by atoms with Crippen molar-refractivity contribution in [1.29, 1.82) is 0 Å². The fourth-order valence-electron chi connectivity index (χ4n) is 3.08. The third-order valence-corrected chi connectivity index (χ3v) is 5.49. The highest BCUT2D eigenvalue weighted by Crippen LogP contribution is 2.37. The van der Waals surface area contributed by atoms with Gasteiger partial charge in [-0.3, -0.25) is 0 Å². The Morgan fingerprint density at radius 3 is 2.63 bits per heavy atom.